The summed E-state index contributed by atoms with van der Waals surface area (Å²) in [5, 5.41) is 0. The normalized spacial score (nSPS) is 16.8. The minimum atomic E-state index is -1.60. The highest BCUT2D eigenvalue weighted by atomic mass is 32.2. The van der Waals surface area contributed by atoms with Gasteiger partial charge in [-0.25, -0.2) is 9.00 Å². The third-order valence-corrected chi connectivity index (χ3v) is 8.68. The van der Waals surface area contributed by atoms with Gasteiger partial charge in [-0.15, -0.1) is 0 Å². The fourth-order valence-corrected chi connectivity index (χ4v) is 6.33. The number of aryl methyl sites for hydroxylation is 2. The molecular formula is C30H31N3O5S. The first-order chi connectivity index (χ1) is 18.8. The van der Waals surface area contributed by atoms with Gasteiger partial charge in [0.05, 0.1) is 45.0 Å². The van der Waals surface area contributed by atoms with Crippen molar-refractivity contribution in [3.8, 4) is 0 Å². The third-order valence-electron chi connectivity index (χ3n) is 7.18. The largest absolute Gasteiger partial charge is 0.450 e. The summed E-state index contributed by atoms with van der Waals surface area (Å²) in [4.78, 5) is 45.4. The van der Waals surface area contributed by atoms with Crippen molar-refractivity contribution < 1.29 is 23.3 Å². The highest BCUT2D eigenvalue weighted by molar-refractivity contribution is 7.85. The molecule has 0 bridgehead atoms. The van der Waals surface area contributed by atoms with Crippen LogP contribution in [-0.2, 0) is 22.1 Å². The number of piperazine rings is 1. The smallest absolute Gasteiger partial charge is 0.409 e. The molecule has 3 aromatic carbocycles. The number of carbonyl (C=O) groups is 3. The highest BCUT2D eigenvalue weighted by Gasteiger charge is 2.33. The van der Waals surface area contributed by atoms with Gasteiger partial charge in [-0.1, -0.05) is 35.9 Å². The maximum atomic E-state index is 13.9. The van der Waals surface area contributed by atoms with Crippen molar-refractivity contribution in [2.45, 2.75) is 37.1 Å². The average Bonchev–Trinajstić information content (AvgIpc) is 3.04. The van der Waals surface area contributed by atoms with Gasteiger partial charge in [0.15, 0.2) is 0 Å². The molecule has 9 heteroatoms. The fourth-order valence-electron chi connectivity index (χ4n) is 4.98. The number of carbonyl (C=O) groups excluding carboxylic acids is 3. The molecule has 8 nitrogen and oxygen atoms in total. The first-order valence-electron chi connectivity index (χ1n) is 13.0. The van der Waals surface area contributed by atoms with Crippen LogP contribution in [0.2, 0.25) is 0 Å². The van der Waals surface area contributed by atoms with Crippen molar-refractivity contribution in [2.24, 2.45) is 0 Å². The zero-order valence-corrected chi connectivity index (χ0v) is 23.1. The molecule has 2 heterocycles. The van der Waals surface area contributed by atoms with E-state index in [1.54, 1.807) is 64.1 Å². The molecule has 2 aliphatic rings. The summed E-state index contributed by atoms with van der Waals surface area (Å²) < 4.78 is 18.8. The van der Waals surface area contributed by atoms with Gasteiger partial charge in [0.25, 0.3) is 11.8 Å². The predicted molar refractivity (Wildman–Crippen MR) is 148 cm³/mol. The molecule has 0 N–H and O–H groups in total. The Morgan fingerprint density at radius 1 is 0.897 bits per heavy atom. The van der Waals surface area contributed by atoms with Gasteiger partial charge in [0.1, 0.15) is 0 Å². The average molecular weight is 546 g/mol. The molecule has 0 radical (unpaired) electrons. The summed E-state index contributed by atoms with van der Waals surface area (Å²) in [7, 11) is -1.60. The second kappa shape index (κ2) is 11.0. The third kappa shape index (κ3) is 5.18. The number of hydrogen-bond acceptors (Lipinski definition) is 5. The minimum Gasteiger partial charge on any atom is -0.450 e. The first kappa shape index (κ1) is 26.6. The Balaban J connectivity index is 1.51. The van der Waals surface area contributed by atoms with E-state index in [2.05, 4.69) is 0 Å². The van der Waals surface area contributed by atoms with Crippen LogP contribution in [0.5, 0.6) is 0 Å². The Morgan fingerprint density at radius 3 is 2.36 bits per heavy atom. The zero-order chi connectivity index (χ0) is 27.7. The van der Waals surface area contributed by atoms with E-state index >= 15 is 0 Å². The lowest BCUT2D eigenvalue weighted by atomic mass is 10.0. The van der Waals surface area contributed by atoms with Gasteiger partial charge in [-0.2, -0.15) is 0 Å². The molecule has 0 unspecified atom stereocenters. The Hall–Kier alpha value is -3.98. The highest BCUT2D eigenvalue weighted by Crippen LogP contribution is 2.36. The Labute approximate surface area is 230 Å². The number of benzene rings is 3. The summed E-state index contributed by atoms with van der Waals surface area (Å²) in [6.07, 6.45) is -0.378. The molecule has 0 spiro atoms. The van der Waals surface area contributed by atoms with Crippen LogP contribution in [0.15, 0.2) is 70.5 Å². The van der Waals surface area contributed by atoms with Gasteiger partial charge < -0.3 is 19.4 Å². The fraction of sp³-hybridized carbons (Fsp3) is 0.300. The summed E-state index contributed by atoms with van der Waals surface area (Å²) in [6, 6.07) is 18.1. The number of fused-ring (bicyclic) bond motifs is 2. The van der Waals surface area contributed by atoms with Crippen molar-refractivity contribution in [3.63, 3.8) is 0 Å². The van der Waals surface area contributed by atoms with Crippen molar-refractivity contribution in [1.82, 2.24) is 9.80 Å². The van der Waals surface area contributed by atoms with E-state index in [-0.39, 0.29) is 24.5 Å². The Kier molecular flexibility index (Phi) is 7.52. The number of anilines is 1. The van der Waals surface area contributed by atoms with Crippen LogP contribution in [0.4, 0.5) is 10.5 Å². The standard InChI is InChI=1S/C30H31N3O5S/c1-4-38-30(36)32-15-13-31(14-16-32)28(34)22-11-12-27-25(18-22)33(19-23-17-20(2)9-10-21(23)3)29(35)24-7-5-6-8-26(24)39(27)37/h5-12,17-18H,4,13-16,19H2,1-3H3/t39-/m0/s1. The van der Waals surface area contributed by atoms with Gasteiger partial charge in [0.2, 0.25) is 0 Å². The van der Waals surface area contributed by atoms with E-state index in [4.69, 9.17) is 4.74 Å². The molecule has 5 rings (SSSR count). The zero-order valence-electron chi connectivity index (χ0n) is 22.3. The monoisotopic (exact) mass is 545 g/mol. The van der Waals surface area contributed by atoms with Gasteiger partial charge >= 0.3 is 6.09 Å². The lowest BCUT2D eigenvalue weighted by Crippen LogP contribution is -2.50. The molecule has 3 aromatic rings. The van der Waals surface area contributed by atoms with Gasteiger partial charge in [0, 0.05) is 31.7 Å². The van der Waals surface area contributed by atoms with Gasteiger partial charge in [-0.3, -0.25) is 9.59 Å². The molecule has 1 atom stereocenters. The molecule has 0 aromatic heterocycles. The molecule has 0 aliphatic carbocycles. The van der Waals surface area contributed by atoms with Crippen molar-refractivity contribution in [3.05, 3.63) is 88.5 Å². The number of hydrogen-bond donors (Lipinski definition) is 0. The summed E-state index contributed by atoms with van der Waals surface area (Å²) in [6.45, 7) is 7.85. The van der Waals surface area contributed by atoms with E-state index in [1.807, 2.05) is 32.0 Å². The first-order valence-corrected chi connectivity index (χ1v) is 14.2. The van der Waals surface area contributed by atoms with E-state index in [9.17, 15) is 18.6 Å². The van der Waals surface area contributed by atoms with E-state index < -0.39 is 10.8 Å². The maximum Gasteiger partial charge on any atom is 0.409 e. The second-order valence-electron chi connectivity index (χ2n) is 9.75. The minimum absolute atomic E-state index is 0.201. The number of amides is 3. The molecule has 0 saturated carbocycles. The lowest BCUT2D eigenvalue weighted by Gasteiger charge is -2.34. The Bertz CT molecular complexity index is 1480. The molecule has 1 fully saturated rings. The molecule has 2 aliphatic heterocycles. The van der Waals surface area contributed by atoms with Crippen LogP contribution in [-0.4, -0.2) is 64.7 Å². The van der Waals surface area contributed by atoms with Crippen LogP contribution in [0, 0.1) is 13.8 Å². The molecular weight excluding hydrogens is 514 g/mol. The van der Waals surface area contributed by atoms with Crippen LogP contribution in [0.1, 0.15) is 44.3 Å². The van der Waals surface area contributed by atoms with Crippen molar-refractivity contribution in [1.29, 1.82) is 0 Å². The second-order valence-corrected chi connectivity index (χ2v) is 11.2. The van der Waals surface area contributed by atoms with Gasteiger partial charge in [-0.05, 0) is 62.2 Å². The quantitative estimate of drug-likeness (QED) is 0.480. The van der Waals surface area contributed by atoms with Crippen molar-refractivity contribution in [2.75, 3.05) is 37.7 Å². The summed E-state index contributed by atoms with van der Waals surface area (Å²) in [5.74, 6) is -0.459. The molecule has 39 heavy (non-hydrogen) atoms. The molecule has 1 saturated heterocycles. The van der Waals surface area contributed by atoms with E-state index in [0.29, 0.717) is 59.4 Å². The lowest BCUT2D eigenvalue weighted by molar-refractivity contribution is 0.0570. The van der Waals surface area contributed by atoms with E-state index in [0.717, 1.165) is 16.7 Å². The summed E-state index contributed by atoms with van der Waals surface area (Å²) >= 11 is 0. The summed E-state index contributed by atoms with van der Waals surface area (Å²) in [5.41, 5.74) is 4.35. The van der Waals surface area contributed by atoms with Crippen LogP contribution < -0.4 is 4.90 Å². The van der Waals surface area contributed by atoms with Crippen LogP contribution >= 0.6 is 0 Å². The predicted octanol–water partition coefficient (Wildman–Crippen LogP) is 4.54. The number of ether oxygens (including phenoxy) is 1. The van der Waals surface area contributed by atoms with Crippen LogP contribution in [0.25, 0.3) is 0 Å². The SMILES string of the molecule is CCOC(=O)N1CCN(C(=O)c2ccc3c(c2)N(Cc2cc(C)ccc2C)C(=O)c2ccccc2[S@@]3=O)CC1. The molecule has 202 valence electrons. The number of nitrogens with zero attached hydrogens (tertiary/aromatic N) is 3. The van der Waals surface area contributed by atoms with E-state index in [1.165, 1.54) is 0 Å². The Morgan fingerprint density at radius 2 is 1.62 bits per heavy atom. The topological polar surface area (TPSA) is 87.2 Å². The molecule has 3 amide bonds. The van der Waals surface area contributed by atoms with Crippen LogP contribution in [0.3, 0.4) is 0 Å². The number of rotatable bonds is 4. The maximum absolute atomic E-state index is 13.9. The van der Waals surface area contributed by atoms with Crippen molar-refractivity contribution >= 4 is 34.4 Å².